The van der Waals surface area contributed by atoms with Gasteiger partial charge in [0.1, 0.15) is 0 Å². The summed E-state index contributed by atoms with van der Waals surface area (Å²) < 4.78 is 0. The summed E-state index contributed by atoms with van der Waals surface area (Å²) in [6.07, 6.45) is 3.49. The van der Waals surface area contributed by atoms with Crippen molar-refractivity contribution in [3.05, 3.63) is 59.9 Å². The summed E-state index contributed by atoms with van der Waals surface area (Å²) in [6, 6.07) is 12.2. The monoisotopic (exact) mass is 338 g/mol. The topological polar surface area (TPSA) is 48.5 Å². The highest BCUT2D eigenvalue weighted by Gasteiger charge is 2.25. The third-order valence-corrected chi connectivity index (χ3v) is 4.91. The molecule has 132 valence electrons. The Morgan fingerprint density at radius 2 is 1.80 bits per heavy atom. The maximum atomic E-state index is 12.4. The zero-order valence-corrected chi connectivity index (χ0v) is 15.0. The van der Waals surface area contributed by atoms with E-state index in [4.69, 9.17) is 0 Å². The number of pyridine rings is 1. The van der Waals surface area contributed by atoms with Crippen LogP contribution in [-0.4, -0.2) is 48.0 Å². The van der Waals surface area contributed by atoms with E-state index in [2.05, 4.69) is 51.3 Å². The largest absolute Gasteiger partial charge is 0.369 e. The van der Waals surface area contributed by atoms with Crippen LogP contribution < -0.4 is 10.2 Å². The van der Waals surface area contributed by atoms with Crippen molar-refractivity contribution in [2.45, 2.75) is 26.4 Å². The summed E-state index contributed by atoms with van der Waals surface area (Å²) in [5, 5.41) is 3.03. The Hall–Kier alpha value is -2.40. The van der Waals surface area contributed by atoms with Gasteiger partial charge in [0.05, 0.1) is 6.04 Å². The molecular weight excluding hydrogens is 312 g/mol. The summed E-state index contributed by atoms with van der Waals surface area (Å²) in [4.78, 5) is 21.1. The molecule has 5 nitrogen and oxygen atoms in total. The average Bonchev–Trinajstić information content (AvgIpc) is 2.67. The van der Waals surface area contributed by atoms with Gasteiger partial charge in [-0.3, -0.25) is 14.7 Å². The molecule has 1 aliphatic rings. The number of nitrogens with zero attached hydrogens (tertiary/aromatic N) is 3. The van der Waals surface area contributed by atoms with Crippen LogP contribution in [0.5, 0.6) is 0 Å². The van der Waals surface area contributed by atoms with Crippen LogP contribution in [0.2, 0.25) is 0 Å². The Bertz CT molecular complexity index is 696. The predicted molar refractivity (Wildman–Crippen MR) is 101 cm³/mol. The molecule has 1 fully saturated rings. The van der Waals surface area contributed by atoms with Gasteiger partial charge in [-0.2, -0.15) is 0 Å². The van der Waals surface area contributed by atoms with Gasteiger partial charge in [0.2, 0.25) is 5.91 Å². The van der Waals surface area contributed by atoms with Gasteiger partial charge in [-0.05, 0) is 43.2 Å². The number of carbonyl (C=O) groups excluding carboxylic acids is 1. The minimum absolute atomic E-state index is 0.0844. The molecule has 1 aromatic heterocycles. The first kappa shape index (κ1) is 17.4. The lowest BCUT2D eigenvalue weighted by Crippen LogP contribution is -2.54. The van der Waals surface area contributed by atoms with Crippen molar-refractivity contribution < 1.29 is 4.79 Å². The highest BCUT2D eigenvalue weighted by Crippen LogP contribution is 2.21. The summed E-state index contributed by atoms with van der Waals surface area (Å²) in [5.41, 5.74) is 3.68. The maximum Gasteiger partial charge on any atom is 0.237 e. The quantitative estimate of drug-likeness (QED) is 0.908. The van der Waals surface area contributed by atoms with Crippen molar-refractivity contribution in [1.29, 1.82) is 0 Å². The number of hydrogen-bond donors (Lipinski definition) is 1. The molecule has 3 rings (SSSR count). The van der Waals surface area contributed by atoms with E-state index in [0.29, 0.717) is 6.54 Å². The zero-order chi connectivity index (χ0) is 17.6. The maximum absolute atomic E-state index is 12.4. The van der Waals surface area contributed by atoms with Crippen LogP contribution in [0.1, 0.15) is 18.1 Å². The van der Waals surface area contributed by atoms with Gasteiger partial charge in [-0.15, -0.1) is 0 Å². The highest BCUT2D eigenvalue weighted by molar-refractivity contribution is 5.81. The Morgan fingerprint density at radius 1 is 1.12 bits per heavy atom. The molecule has 1 aliphatic heterocycles. The van der Waals surface area contributed by atoms with Gasteiger partial charge >= 0.3 is 0 Å². The average molecular weight is 338 g/mol. The van der Waals surface area contributed by atoms with E-state index in [9.17, 15) is 4.79 Å². The first-order valence-corrected chi connectivity index (χ1v) is 8.86. The molecule has 2 heterocycles. The molecule has 0 saturated carbocycles. The summed E-state index contributed by atoms with van der Waals surface area (Å²) in [5.74, 6) is 0.0844. The molecule has 5 heteroatoms. The normalized spacial score (nSPS) is 16.5. The number of carbonyl (C=O) groups is 1. The van der Waals surface area contributed by atoms with Crippen LogP contribution in [0.15, 0.2) is 48.8 Å². The Balaban J connectivity index is 1.50. The summed E-state index contributed by atoms with van der Waals surface area (Å²) in [6.45, 7) is 8.40. The molecule has 0 spiro atoms. The number of anilines is 1. The van der Waals surface area contributed by atoms with E-state index in [-0.39, 0.29) is 11.9 Å². The van der Waals surface area contributed by atoms with Crippen LogP contribution in [0, 0.1) is 6.92 Å². The number of amides is 1. The molecular formula is C20H26N4O. The second kappa shape index (κ2) is 8.12. The first-order chi connectivity index (χ1) is 12.1. The fraction of sp³-hybridized carbons (Fsp3) is 0.400. The number of aromatic nitrogens is 1. The van der Waals surface area contributed by atoms with Gasteiger partial charge < -0.3 is 10.2 Å². The third-order valence-electron chi connectivity index (χ3n) is 4.91. The van der Waals surface area contributed by atoms with Crippen molar-refractivity contribution in [3.63, 3.8) is 0 Å². The second-order valence-electron chi connectivity index (χ2n) is 6.56. The molecule has 25 heavy (non-hydrogen) atoms. The van der Waals surface area contributed by atoms with Crippen LogP contribution >= 0.6 is 0 Å². The molecule has 1 aromatic carbocycles. The molecule has 0 unspecified atom stereocenters. The van der Waals surface area contributed by atoms with Crippen LogP contribution in [0.25, 0.3) is 0 Å². The van der Waals surface area contributed by atoms with Gasteiger partial charge in [-0.1, -0.05) is 18.2 Å². The van der Waals surface area contributed by atoms with Gasteiger partial charge in [0, 0.05) is 50.8 Å². The minimum Gasteiger partial charge on any atom is -0.369 e. The molecule has 0 bridgehead atoms. The van der Waals surface area contributed by atoms with Gasteiger partial charge in [-0.25, -0.2) is 0 Å². The summed E-state index contributed by atoms with van der Waals surface area (Å²) in [7, 11) is 0. The van der Waals surface area contributed by atoms with Gasteiger partial charge in [0.15, 0.2) is 0 Å². The molecule has 1 saturated heterocycles. The number of benzene rings is 1. The van der Waals surface area contributed by atoms with Crippen LogP contribution in [0.4, 0.5) is 5.69 Å². The SMILES string of the molecule is Cc1ccccc1N1CCN([C@@H](C)C(=O)NCc2ccncc2)CC1. The lowest BCUT2D eigenvalue weighted by Gasteiger charge is -2.39. The lowest BCUT2D eigenvalue weighted by atomic mass is 10.1. The lowest BCUT2D eigenvalue weighted by molar-refractivity contribution is -0.126. The van der Waals surface area contributed by atoms with E-state index in [0.717, 1.165) is 31.7 Å². The number of rotatable bonds is 5. The molecule has 1 atom stereocenters. The number of nitrogens with one attached hydrogen (secondary N) is 1. The van der Waals surface area contributed by atoms with Crippen molar-refractivity contribution in [3.8, 4) is 0 Å². The van der Waals surface area contributed by atoms with Gasteiger partial charge in [0.25, 0.3) is 0 Å². The molecule has 0 aliphatic carbocycles. The van der Waals surface area contributed by atoms with E-state index in [1.165, 1.54) is 11.3 Å². The zero-order valence-electron chi connectivity index (χ0n) is 15.0. The fourth-order valence-electron chi connectivity index (χ4n) is 3.27. The Labute approximate surface area is 149 Å². The first-order valence-electron chi connectivity index (χ1n) is 8.86. The number of hydrogen-bond acceptors (Lipinski definition) is 4. The molecule has 1 amide bonds. The third kappa shape index (κ3) is 4.37. The molecule has 1 N–H and O–H groups in total. The summed E-state index contributed by atoms with van der Waals surface area (Å²) >= 11 is 0. The smallest absolute Gasteiger partial charge is 0.237 e. The van der Waals surface area contributed by atoms with E-state index in [1.54, 1.807) is 12.4 Å². The van der Waals surface area contributed by atoms with E-state index < -0.39 is 0 Å². The van der Waals surface area contributed by atoms with E-state index in [1.807, 2.05) is 19.1 Å². The Kier molecular flexibility index (Phi) is 5.66. The molecule has 2 aromatic rings. The molecule has 0 radical (unpaired) electrons. The van der Waals surface area contributed by atoms with Crippen LogP contribution in [-0.2, 0) is 11.3 Å². The van der Waals surface area contributed by atoms with Crippen molar-refractivity contribution in [2.24, 2.45) is 0 Å². The minimum atomic E-state index is -0.110. The number of para-hydroxylation sites is 1. The Morgan fingerprint density at radius 3 is 2.48 bits per heavy atom. The van der Waals surface area contributed by atoms with Crippen molar-refractivity contribution in [2.75, 3.05) is 31.1 Å². The van der Waals surface area contributed by atoms with E-state index >= 15 is 0 Å². The van der Waals surface area contributed by atoms with Crippen LogP contribution in [0.3, 0.4) is 0 Å². The fourth-order valence-corrected chi connectivity index (χ4v) is 3.27. The predicted octanol–water partition coefficient (Wildman–Crippen LogP) is 2.22. The standard InChI is InChI=1S/C20H26N4O/c1-16-5-3-4-6-19(16)24-13-11-23(12-14-24)17(2)20(25)22-15-18-7-9-21-10-8-18/h3-10,17H,11-15H2,1-2H3,(H,22,25)/t17-/m0/s1. The second-order valence-corrected chi connectivity index (χ2v) is 6.56. The highest BCUT2D eigenvalue weighted by atomic mass is 16.2. The van der Waals surface area contributed by atoms with Crippen molar-refractivity contribution in [1.82, 2.24) is 15.2 Å². The van der Waals surface area contributed by atoms with Crippen molar-refractivity contribution >= 4 is 11.6 Å². The number of piperazine rings is 1. The number of aryl methyl sites for hydroxylation is 1.